The van der Waals surface area contributed by atoms with Gasteiger partial charge in [0.1, 0.15) is 5.75 Å². The molecule has 2 amide bonds. The Morgan fingerprint density at radius 1 is 1.11 bits per heavy atom. The third-order valence-electron chi connectivity index (χ3n) is 6.40. The molecule has 0 atom stereocenters. The molecule has 0 bridgehead atoms. The Labute approximate surface area is 203 Å². The van der Waals surface area contributed by atoms with Crippen molar-refractivity contribution < 1.29 is 14.3 Å². The first kappa shape index (κ1) is 22.6. The number of ether oxygens (including phenoxy) is 1. The lowest BCUT2D eigenvalue weighted by Gasteiger charge is -2.29. The zero-order valence-corrected chi connectivity index (χ0v) is 19.6. The van der Waals surface area contributed by atoms with Gasteiger partial charge in [0.2, 0.25) is 5.91 Å². The fraction of sp³-hybridized carbons (Fsp3) is 0.259. The number of nitrogens with zero attached hydrogens (tertiary/aromatic N) is 3. The van der Waals surface area contributed by atoms with Crippen molar-refractivity contribution >= 4 is 22.8 Å². The van der Waals surface area contributed by atoms with Gasteiger partial charge in [-0.15, -0.1) is 0 Å². The zero-order valence-electron chi connectivity index (χ0n) is 19.6. The maximum atomic E-state index is 13.0. The molecule has 0 radical (unpaired) electrons. The van der Waals surface area contributed by atoms with Crippen molar-refractivity contribution in [3.63, 3.8) is 0 Å². The number of pyridine rings is 1. The van der Waals surface area contributed by atoms with E-state index in [0.717, 1.165) is 39.9 Å². The normalized spacial score (nSPS) is 12.9. The van der Waals surface area contributed by atoms with Crippen LogP contribution in [0.1, 0.15) is 32.6 Å². The fourth-order valence-corrected chi connectivity index (χ4v) is 4.53. The van der Waals surface area contributed by atoms with Crippen molar-refractivity contribution in [1.82, 2.24) is 25.4 Å². The number of aromatic nitrogens is 3. The second-order valence-electron chi connectivity index (χ2n) is 8.69. The van der Waals surface area contributed by atoms with E-state index in [1.165, 1.54) is 5.56 Å². The number of hydrogen-bond donors (Lipinski definition) is 2. The first-order valence-electron chi connectivity index (χ1n) is 11.7. The van der Waals surface area contributed by atoms with E-state index in [4.69, 9.17) is 4.74 Å². The number of carbonyl (C=O) groups excluding carboxylic acids is 2. The summed E-state index contributed by atoms with van der Waals surface area (Å²) < 4.78 is 5.25. The van der Waals surface area contributed by atoms with Crippen molar-refractivity contribution in [1.29, 1.82) is 0 Å². The number of rotatable bonds is 7. The van der Waals surface area contributed by atoms with E-state index in [1.54, 1.807) is 25.4 Å². The number of hydrogen-bond acceptors (Lipinski definition) is 5. The van der Waals surface area contributed by atoms with Crippen LogP contribution in [-0.4, -0.2) is 52.1 Å². The van der Waals surface area contributed by atoms with Crippen LogP contribution in [-0.2, 0) is 30.6 Å². The predicted molar refractivity (Wildman–Crippen MR) is 132 cm³/mol. The second kappa shape index (κ2) is 9.97. The molecule has 2 aromatic heterocycles. The smallest absolute Gasteiger partial charge is 0.251 e. The van der Waals surface area contributed by atoms with Crippen molar-refractivity contribution in [2.24, 2.45) is 0 Å². The molecule has 35 heavy (non-hydrogen) atoms. The minimum absolute atomic E-state index is 0.0403. The van der Waals surface area contributed by atoms with Gasteiger partial charge < -0.3 is 15.0 Å². The fourth-order valence-electron chi connectivity index (χ4n) is 4.53. The number of aromatic amines is 1. The molecule has 0 aliphatic carbocycles. The molecule has 0 saturated heterocycles. The Hall–Kier alpha value is -4.20. The quantitative estimate of drug-likeness (QED) is 0.433. The van der Waals surface area contributed by atoms with Gasteiger partial charge in [-0.1, -0.05) is 24.3 Å². The molecule has 5 rings (SSSR count). The lowest BCUT2D eigenvalue weighted by atomic mass is 9.98. The summed E-state index contributed by atoms with van der Waals surface area (Å²) in [5.41, 5.74) is 5.52. The van der Waals surface area contributed by atoms with Crippen molar-refractivity contribution in [2.75, 3.05) is 20.2 Å². The van der Waals surface area contributed by atoms with Crippen LogP contribution in [0, 0.1) is 0 Å². The predicted octanol–water partition coefficient (Wildman–Crippen LogP) is 3.07. The van der Waals surface area contributed by atoms with Crippen LogP contribution in [0.25, 0.3) is 11.0 Å². The first-order chi connectivity index (χ1) is 17.1. The lowest BCUT2D eigenvalue weighted by molar-refractivity contribution is -0.131. The van der Waals surface area contributed by atoms with Crippen LogP contribution in [0.3, 0.4) is 0 Å². The Morgan fingerprint density at radius 2 is 1.97 bits per heavy atom. The summed E-state index contributed by atoms with van der Waals surface area (Å²) in [4.78, 5) is 32.0. The van der Waals surface area contributed by atoms with E-state index < -0.39 is 0 Å². The number of nitrogens with one attached hydrogen (secondary N) is 2. The van der Waals surface area contributed by atoms with Gasteiger partial charge >= 0.3 is 0 Å². The molecule has 178 valence electrons. The minimum Gasteiger partial charge on any atom is -0.497 e. The van der Waals surface area contributed by atoms with Crippen molar-refractivity contribution in [3.05, 3.63) is 88.7 Å². The third kappa shape index (κ3) is 5.01. The lowest BCUT2D eigenvalue weighted by Crippen LogP contribution is -2.37. The van der Waals surface area contributed by atoms with Crippen LogP contribution >= 0.6 is 0 Å². The number of carbonyl (C=O) groups is 2. The maximum Gasteiger partial charge on any atom is 0.251 e. The molecular weight excluding hydrogens is 442 g/mol. The number of H-pyrrole nitrogens is 1. The van der Waals surface area contributed by atoms with E-state index in [9.17, 15) is 9.59 Å². The van der Waals surface area contributed by atoms with Gasteiger partial charge in [-0.2, -0.15) is 5.10 Å². The number of benzene rings is 2. The highest BCUT2D eigenvalue weighted by Crippen LogP contribution is 2.25. The molecule has 1 aliphatic rings. The summed E-state index contributed by atoms with van der Waals surface area (Å²) in [5, 5.41) is 11.0. The van der Waals surface area contributed by atoms with Gasteiger partial charge in [0, 0.05) is 36.8 Å². The van der Waals surface area contributed by atoms with Crippen molar-refractivity contribution in [2.45, 2.75) is 25.8 Å². The molecule has 2 aromatic carbocycles. The average Bonchev–Trinajstić information content (AvgIpc) is 3.38. The molecule has 3 heterocycles. The highest BCUT2D eigenvalue weighted by molar-refractivity contribution is 5.94. The summed E-state index contributed by atoms with van der Waals surface area (Å²) in [6, 6.07) is 15.1. The van der Waals surface area contributed by atoms with Crippen LogP contribution in [0.4, 0.5) is 0 Å². The van der Waals surface area contributed by atoms with Gasteiger partial charge in [-0.05, 0) is 59.4 Å². The Bertz CT molecular complexity index is 1380. The van der Waals surface area contributed by atoms with Gasteiger partial charge in [-0.25, -0.2) is 4.98 Å². The van der Waals surface area contributed by atoms with Gasteiger partial charge in [0.05, 0.1) is 19.7 Å². The second-order valence-corrected chi connectivity index (χ2v) is 8.69. The third-order valence-corrected chi connectivity index (χ3v) is 6.40. The van der Waals surface area contributed by atoms with Gasteiger partial charge in [0.25, 0.3) is 5.91 Å². The van der Waals surface area contributed by atoms with Crippen molar-refractivity contribution in [3.8, 4) is 5.75 Å². The van der Waals surface area contributed by atoms with Crippen LogP contribution in [0.15, 0.2) is 60.9 Å². The summed E-state index contributed by atoms with van der Waals surface area (Å²) in [5.74, 6) is 0.692. The summed E-state index contributed by atoms with van der Waals surface area (Å²) >= 11 is 0. The highest BCUT2D eigenvalue weighted by Gasteiger charge is 2.23. The number of methoxy groups -OCH3 is 1. The number of amides is 2. The molecule has 8 heteroatoms. The Kier molecular flexibility index (Phi) is 6.43. The SMILES string of the molecule is COc1cccc(CCNC(=O)c2cccc(CC(=O)N3CCc4c(cnc5[nH]ncc45)C3)c2)c1. The molecule has 0 unspecified atom stereocenters. The van der Waals surface area contributed by atoms with E-state index in [0.29, 0.717) is 31.6 Å². The van der Waals surface area contributed by atoms with E-state index in [1.807, 2.05) is 47.5 Å². The molecule has 4 aromatic rings. The molecule has 0 fully saturated rings. The summed E-state index contributed by atoms with van der Waals surface area (Å²) in [7, 11) is 1.64. The molecule has 0 saturated carbocycles. The van der Waals surface area contributed by atoms with Gasteiger partial charge in [-0.3, -0.25) is 14.7 Å². The van der Waals surface area contributed by atoms with Crippen LogP contribution in [0.5, 0.6) is 5.75 Å². The van der Waals surface area contributed by atoms with E-state index in [-0.39, 0.29) is 18.2 Å². The molecule has 8 nitrogen and oxygen atoms in total. The molecular formula is C27H27N5O3. The summed E-state index contributed by atoms with van der Waals surface area (Å²) in [6.07, 6.45) is 5.35. The standard InChI is InChI=1S/C27H27N5O3/c1-35-22-7-3-4-18(13-22)8-10-28-27(34)20-6-2-5-19(12-20)14-25(33)32-11-9-23-21(17-32)15-29-26-24(23)16-30-31-26/h2-7,12-13,15-16H,8-11,14,17H2,1H3,(H,28,34)(H,29,30,31). The largest absolute Gasteiger partial charge is 0.497 e. The van der Waals surface area contributed by atoms with Crippen LogP contribution in [0.2, 0.25) is 0 Å². The average molecular weight is 470 g/mol. The van der Waals surface area contributed by atoms with E-state index >= 15 is 0 Å². The molecule has 0 spiro atoms. The molecule has 1 aliphatic heterocycles. The topological polar surface area (TPSA) is 100 Å². The highest BCUT2D eigenvalue weighted by atomic mass is 16.5. The van der Waals surface area contributed by atoms with E-state index in [2.05, 4.69) is 20.5 Å². The van der Waals surface area contributed by atoms with Gasteiger partial charge in [0.15, 0.2) is 5.65 Å². The monoisotopic (exact) mass is 469 g/mol. The maximum absolute atomic E-state index is 13.0. The number of fused-ring (bicyclic) bond motifs is 3. The zero-order chi connectivity index (χ0) is 24.2. The minimum atomic E-state index is -0.149. The first-order valence-corrected chi connectivity index (χ1v) is 11.7. The Balaban J connectivity index is 1.18. The Morgan fingerprint density at radius 3 is 2.86 bits per heavy atom. The summed E-state index contributed by atoms with van der Waals surface area (Å²) in [6.45, 7) is 1.70. The van der Waals surface area contributed by atoms with Crippen LogP contribution < -0.4 is 10.1 Å². The molecule has 2 N–H and O–H groups in total.